The fourth-order valence-corrected chi connectivity index (χ4v) is 2.77. The van der Waals surface area contributed by atoms with Gasteiger partial charge in [0.15, 0.2) is 0 Å². The smallest absolute Gasteiger partial charge is 0.282 e. The van der Waals surface area contributed by atoms with E-state index < -0.39 is 10.8 Å². The van der Waals surface area contributed by atoms with Crippen LogP contribution < -0.4 is 16.6 Å². The van der Waals surface area contributed by atoms with Crippen LogP contribution in [-0.2, 0) is 0 Å². The second-order valence-electron chi connectivity index (χ2n) is 5.71. The lowest BCUT2D eigenvalue weighted by molar-refractivity contribution is -0.385. The lowest BCUT2D eigenvalue weighted by Gasteiger charge is -2.34. The highest BCUT2D eigenvalue weighted by molar-refractivity contribution is 5.99. The molecule has 7 heteroatoms. The third kappa shape index (κ3) is 3.49. The predicted molar refractivity (Wildman–Crippen MR) is 79.9 cm³/mol. The molecule has 114 valence electrons. The first-order valence-corrected chi connectivity index (χ1v) is 7.03. The summed E-state index contributed by atoms with van der Waals surface area (Å²) in [5.41, 5.74) is 2.37. The van der Waals surface area contributed by atoms with E-state index in [1.165, 1.54) is 18.2 Å². The van der Waals surface area contributed by atoms with Crippen molar-refractivity contribution in [3.8, 4) is 0 Å². The van der Waals surface area contributed by atoms with Gasteiger partial charge in [0.1, 0.15) is 5.56 Å². The van der Waals surface area contributed by atoms with Crippen molar-refractivity contribution in [1.29, 1.82) is 0 Å². The van der Waals surface area contributed by atoms with Gasteiger partial charge in [-0.25, -0.2) is 0 Å². The van der Waals surface area contributed by atoms with Crippen LogP contribution in [0.15, 0.2) is 18.2 Å². The number of carbonyl (C=O) groups is 1. The molecule has 0 atom stereocenters. The van der Waals surface area contributed by atoms with E-state index in [0.717, 1.165) is 32.1 Å². The second kappa shape index (κ2) is 6.09. The molecule has 1 saturated carbocycles. The highest BCUT2D eigenvalue weighted by atomic mass is 16.6. The van der Waals surface area contributed by atoms with Crippen LogP contribution in [0.1, 0.15) is 49.4 Å². The number of nitro benzene ring substituents is 1. The lowest BCUT2D eigenvalue weighted by Crippen LogP contribution is -2.47. The minimum Gasteiger partial charge on any atom is -0.347 e. The summed E-state index contributed by atoms with van der Waals surface area (Å²) in [6, 6.07) is 4.16. The molecule has 0 unspecified atom stereocenters. The predicted octanol–water partition coefficient (Wildman–Crippen LogP) is 2.33. The van der Waals surface area contributed by atoms with Crippen LogP contribution >= 0.6 is 0 Å². The average Bonchev–Trinajstić information content (AvgIpc) is 2.46. The van der Waals surface area contributed by atoms with Gasteiger partial charge in [0.25, 0.3) is 11.6 Å². The standard InChI is InChI=1S/C14H20N4O3/c1-14(7-3-2-4-8-14)16-13(19)11-9-10(17-15)5-6-12(11)18(20)21/h5-6,9,17H,2-4,7-8,15H2,1H3,(H,16,19). The number of nitrogens with two attached hydrogens (primary N) is 1. The summed E-state index contributed by atoms with van der Waals surface area (Å²) < 4.78 is 0. The Labute approximate surface area is 123 Å². The van der Waals surface area contributed by atoms with Gasteiger partial charge >= 0.3 is 0 Å². The molecule has 1 aliphatic carbocycles. The SMILES string of the molecule is CC1(NC(=O)c2cc(NN)ccc2[N+](=O)[O-])CCCCC1. The molecule has 0 spiro atoms. The highest BCUT2D eigenvalue weighted by Crippen LogP contribution is 2.29. The molecular formula is C14H20N4O3. The molecule has 0 saturated heterocycles. The number of nitrogen functional groups attached to an aromatic ring is 1. The van der Waals surface area contributed by atoms with Crippen LogP contribution in [-0.4, -0.2) is 16.4 Å². The first kappa shape index (κ1) is 15.2. The summed E-state index contributed by atoms with van der Waals surface area (Å²) in [5, 5.41) is 14.0. The molecule has 1 aliphatic rings. The van der Waals surface area contributed by atoms with Crippen molar-refractivity contribution in [1.82, 2.24) is 5.32 Å². The third-order valence-corrected chi connectivity index (χ3v) is 3.98. The zero-order valence-corrected chi connectivity index (χ0v) is 12.0. The second-order valence-corrected chi connectivity index (χ2v) is 5.71. The maximum Gasteiger partial charge on any atom is 0.282 e. The van der Waals surface area contributed by atoms with Crippen LogP contribution in [0.3, 0.4) is 0 Å². The normalized spacial score (nSPS) is 17.0. The van der Waals surface area contributed by atoms with Crippen molar-refractivity contribution in [2.45, 2.75) is 44.6 Å². The minimum absolute atomic E-state index is 0.0299. The van der Waals surface area contributed by atoms with E-state index >= 15 is 0 Å². The molecule has 0 radical (unpaired) electrons. The number of carbonyl (C=O) groups excluding carboxylic acids is 1. The number of hydrogen-bond acceptors (Lipinski definition) is 5. The Morgan fingerprint density at radius 1 is 1.33 bits per heavy atom. The zero-order valence-electron chi connectivity index (χ0n) is 12.0. The Bertz CT molecular complexity index is 553. The quantitative estimate of drug-likeness (QED) is 0.448. The van der Waals surface area contributed by atoms with Crippen LogP contribution in [0.25, 0.3) is 0 Å². The summed E-state index contributed by atoms with van der Waals surface area (Å²) in [7, 11) is 0. The van der Waals surface area contributed by atoms with Crippen LogP contribution in [0.4, 0.5) is 11.4 Å². The number of nitro groups is 1. The molecule has 4 N–H and O–H groups in total. The fourth-order valence-electron chi connectivity index (χ4n) is 2.77. The third-order valence-electron chi connectivity index (χ3n) is 3.98. The molecule has 1 aromatic rings. The Kier molecular flexibility index (Phi) is 4.42. The van der Waals surface area contributed by atoms with E-state index in [4.69, 9.17) is 5.84 Å². The number of benzene rings is 1. The van der Waals surface area contributed by atoms with E-state index in [-0.39, 0.29) is 16.8 Å². The van der Waals surface area contributed by atoms with Gasteiger partial charge in [-0.2, -0.15) is 0 Å². The number of nitrogens with zero attached hydrogens (tertiary/aromatic N) is 1. The van der Waals surface area contributed by atoms with Gasteiger partial charge in [-0.1, -0.05) is 19.3 Å². The molecular weight excluding hydrogens is 272 g/mol. The number of amides is 1. The number of rotatable bonds is 4. The van der Waals surface area contributed by atoms with Gasteiger partial charge in [-0.15, -0.1) is 0 Å². The van der Waals surface area contributed by atoms with Crippen molar-refractivity contribution in [3.63, 3.8) is 0 Å². The van der Waals surface area contributed by atoms with Crippen molar-refractivity contribution >= 4 is 17.3 Å². The molecule has 1 amide bonds. The molecule has 2 rings (SSSR count). The first-order chi connectivity index (χ1) is 9.95. The van der Waals surface area contributed by atoms with Gasteiger partial charge in [0.05, 0.1) is 4.92 Å². The number of anilines is 1. The molecule has 7 nitrogen and oxygen atoms in total. The first-order valence-electron chi connectivity index (χ1n) is 7.03. The van der Waals surface area contributed by atoms with Crippen molar-refractivity contribution in [2.24, 2.45) is 5.84 Å². The average molecular weight is 292 g/mol. The van der Waals surface area contributed by atoms with Gasteiger partial charge < -0.3 is 10.7 Å². The molecule has 0 aromatic heterocycles. The van der Waals surface area contributed by atoms with Crippen LogP contribution in [0.5, 0.6) is 0 Å². The van der Waals surface area contributed by atoms with E-state index in [2.05, 4.69) is 10.7 Å². The van der Waals surface area contributed by atoms with E-state index in [1.807, 2.05) is 6.92 Å². The maximum atomic E-state index is 12.4. The van der Waals surface area contributed by atoms with Gasteiger partial charge in [0.2, 0.25) is 0 Å². The summed E-state index contributed by atoms with van der Waals surface area (Å²) >= 11 is 0. The molecule has 0 bridgehead atoms. The summed E-state index contributed by atoms with van der Waals surface area (Å²) in [6.07, 6.45) is 5.06. The fraction of sp³-hybridized carbons (Fsp3) is 0.500. The molecule has 1 aromatic carbocycles. The van der Waals surface area contributed by atoms with E-state index in [0.29, 0.717) is 5.69 Å². The highest BCUT2D eigenvalue weighted by Gasteiger charge is 2.31. The number of hydrogen-bond donors (Lipinski definition) is 3. The topological polar surface area (TPSA) is 110 Å². The largest absolute Gasteiger partial charge is 0.347 e. The van der Waals surface area contributed by atoms with E-state index in [1.54, 1.807) is 0 Å². The maximum absolute atomic E-state index is 12.4. The molecule has 1 fully saturated rings. The Balaban J connectivity index is 2.26. The Morgan fingerprint density at radius 2 is 2.00 bits per heavy atom. The summed E-state index contributed by atoms with van der Waals surface area (Å²) in [5.74, 6) is 4.88. The lowest BCUT2D eigenvalue weighted by atomic mass is 9.83. The van der Waals surface area contributed by atoms with Crippen molar-refractivity contribution in [3.05, 3.63) is 33.9 Å². The molecule has 0 heterocycles. The van der Waals surface area contributed by atoms with Gasteiger partial charge in [-0.3, -0.25) is 20.8 Å². The summed E-state index contributed by atoms with van der Waals surface area (Å²) in [6.45, 7) is 1.99. The van der Waals surface area contributed by atoms with Gasteiger partial charge in [0, 0.05) is 17.3 Å². The molecule has 21 heavy (non-hydrogen) atoms. The van der Waals surface area contributed by atoms with E-state index in [9.17, 15) is 14.9 Å². The monoisotopic (exact) mass is 292 g/mol. The minimum atomic E-state index is -0.557. The van der Waals surface area contributed by atoms with Crippen molar-refractivity contribution < 1.29 is 9.72 Å². The number of hydrazine groups is 1. The zero-order chi connectivity index (χ0) is 15.5. The van der Waals surface area contributed by atoms with Crippen LogP contribution in [0, 0.1) is 10.1 Å². The Hall–Kier alpha value is -2.15. The summed E-state index contributed by atoms with van der Waals surface area (Å²) in [4.78, 5) is 22.9. The van der Waals surface area contributed by atoms with Crippen molar-refractivity contribution in [2.75, 3.05) is 5.43 Å². The van der Waals surface area contributed by atoms with Gasteiger partial charge in [-0.05, 0) is 31.9 Å². The molecule has 0 aliphatic heterocycles. The van der Waals surface area contributed by atoms with Crippen LogP contribution in [0.2, 0.25) is 0 Å². The Morgan fingerprint density at radius 3 is 2.57 bits per heavy atom. The number of nitrogens with one attached hydrogen (secondary N) is 2.